The third-order valence-corrected chi connectivity index (χ3v) is 2.74. The molecule has 0 fully saturated rings. The number of ether oxygens (including phenoxy) is 1. The number of halogens is 3. The average molecular weight is 339 g/mol. The molecule has 126 valence electrons. The lowest BCUT2D eigenvalue weighted by molar-refractivity contribution is -0.139. The molecule has 0 spiro atoms. The number of para-hydroxylation sites is 1. The summed E-state index contributed by atoms with van der Waals surface area (Å²) in [5, 5.41) is 12.5. The molecule has 0 aliphatic carbocycles. The molecule has 1 aromatic carbocycles. The van der Waals surface area contributed by atoms with E-state index in [1.165, 1.54) is 6.21 Å². The Morgan fingerprint density at radius 1 is 1.29 bits per heavy atom. The molecular formula is C15H12F3N3O3. The highest BCUT2D eigenvalue weighted by Gasteiger charge is 2.30. The number of aromatic nitrogens is 1. The molecule has 2 rings (SSSR count). The molecule has 0 unspecified atom stereocenters. The molecule has 0 aliphatic rings. The first-order valence-electron chi connectivity index (χ1n) is 6.62. The second-order valence-electron chi connectivity index (χ2n) is 4.52. The Morgan fingerprint density at radius 2 is 2.04 bits per heavy atom. The summed E-state index contributed by atoms with van der Waals surface area (Å²) in [5.74, 6) is -0.678. The molecule has 6 nitrogen and oxygen atoms in total. The van der Waals surface area contributed by atoms with Gasteiger partial charge in [-0.3, -0.25) is 5.43 Å². The number of nitrogens with one attached hydrogen (secondary N) is 1. The van der Waals surface area contributed by atoms with Crippen molar-refractivity contribution in [2.75, 3.05) is 12.0 Å². The van der Waals surface area contributed by atoms with Gasteiger partial charge in [-0.05, 0) is 24.3 Å². The van der Waals surface area contributed by atoms with Crippen LogP contribution in [0.1, 0.15) is 11.1 Å². The predicted octanol–water partition coefficient (Wildman–Crippen LogP) is 3.01. The fourth-order valence-corrected chi connectivity index (χ4v) is 1.65. The standard InChI is InChI=1S/C15H12F3N3O3/c16-15(17,18)11-5-6-13(19-8-11)21-20-7-10-3-1-2-4-12(10)24-9-14(22)23/h1-8H,9H2,(H,19,21)(H,22,23)/b20-7-. The minimum Gasteiger partial charge on any atom is -0.481 e. The van der Waals surface area contributed by atoms with Gasteiger partial charge in [-0.15, -0.1) is 0 Å². The van der Waals surface area contributed by atoms with Crippen molar-refractivity contribution in [2.45, 2.75) is 6.18 Å². The van der Waals surface area contributed by atoms with E-state index in [1.54, 1.807) is 24.3 Å². The molecule has 1 heterocycles. The van der Waals surface area contributed by atoms with Gasteiger partial charge < -0.3 is 9.84 Å². The van der Waals surface area contributed by atoms with Crippen LogP contribution >= 0.6 is 0 Å². The summed E-state index contributed by atoms with van der Waals surface area (Å²) in [6.07, 6.45) is -2.41. The molecular weight excluding hydrogens is 327 g/mol. The topological polar surface area (TPSA) is 83.8 Å². The Bertz CT molecular complexity index is 731. The van der Waals surface area contributed by atoms with Crippen molar-refractivity contribution >= 4 is 18.0 Å². The first kappa shape index (κ1) is 17.3. The molecule has 0 radical (unpaired) electrons. The quantitative estimate of drug-likeness (QED) is 0.624. The van der Waals surface area contributed by atoms with E-state index in [4.69, 9.17) is 9.84 Å². The normalized spacial score (nSPS) is 11.5. The van der Waals surface area contributed by atoms with Crippen molar-refractivity contribution in [2.24, 2.45) is 5.10 Å². The van der Waals surface area contributed by atoms with E-state index >= 15 is 0 Å². The number of pyridine rings is 1. The van der Waals surface area contributed by atoms with Gasteiger partial charge in [0.1, 0.15) is 11.6 Å². The van der Waals surface area contributed by atoms with Crippen molar-refractivity contribution in [1.82, 2.24) is 4.98 Å². The molecule has 0 saturated carbocycles. The van der Waals surface area contributed by atoms with Crippen LogP contribution in [0.15, 0.2) is 47.7 Å². The number of carboxylic acid groups (broad SMARTS) is 1. The zero-order valence-corrected chi connectivity index (χ0v) is 12.1. The van der Waals surface area contributed by atoms with Crippen LogP contribution in [0.5, 0.6) is 5.75 Å². The maximum Gasteiger partial charge on any atom is 0.417 e. The van der Waals surface area contributed by atoms with E-state index < -0.39 is 24.3 Å². The number of alkyl halides is 3. The summed E-state index contributed by atoms with van der Waals surface area (Å²) in [6, 6.07) is 8.61. The Hall–Kier alpha value is -3.10. The number of rotatable bonds is 6. The lowest BCUT2D eigenvalue weighted by Gasteiger charge is -2.07. The van der Waals surface area contributed by atoms with Gasteiger partial charge in [0.25, 0.3) is 0 Å². The Kier molecular flexibility index (Phi) is 5.35. The van der Waals surface area contributed by atoms with Gasteiger partial charge >= 0.3 is 12.1 Å². The van der Waals surface area contributed by atoms with Gasteiger partial charge in [0, 0.05) is 11.8 Å². The molecule has 0 saturated heterocycles. The van der Waals surface area contributed by atoms with E-state index in [0.717, 1.165) is 12.1 Å². The van der Waals surface area contributed by atoms with Crippen LogP contribution in [0.25, 0.3) is 0 Å². The fraction of sp³-hybridized carbons (Fsp3) is 0.133. The van der Waals surface area contributed by atoms with Crippen molar-refractivity contribution in [1.29, 1.82) is 0 Å². The van der Waals surface area contributed by atoms with Crippen molar-refractivity contribution in [3.05, 3.63) is 53.7 Å². The second kappa shape index (κ2) is 7.44. The van der Waals surface area contributed by atoms with E-state index in [2.05, 4.69) is 15.5 Å². The fourth-order valence-electron chi connectivity index (χ4n) is 1.65. The number of hydrazone groups is 1. The van der Waals surface area contributed by atoms with E-state index in [9.17, 15) is 18.0 Å². The maximum absolute atomic E-state index is 12.4. The monoisotopic (exact) mass is 339 g/mol. The minimum atomic E-state index is -4.45. The molecule has 24 heavy (non-hydrogen) atoms. The predicted molar refractivity (Wildman–Crippen MR) is 80.0 cm³/mol. The first-order chi connectivity index (χ1) is 11.4. The number of nitrogens with zero attached hydrogens (tertiary/aromatic N) is 2. The smallest absolute Gasteiger partial charge is 0.417 e. The largest absolute Gasteiger partial charge is 0.481 e. The number of aliphatic carboxylic acids is 1. The van der Waals surface area contributed by atoms with Crippen molar-refractivity contribution in [3.63, 3.8) is 0 Å². The molecule has 0 bridgehead atoms. The highest BCUT2D eigenvalue weighted by atomic mass is 19.4. The van der Waals surface area contributed by atoms with Gasteiger partial charge in [-0.1, -0.05) is 12.1 Å². The van der Waals surface area contributed by atoms with Gasteiger partial charge in [0.2, 0.25) is 0 Å². The van der Waals surface area contributed by atoms with Crippen LogP contribution in [-0.2, 0) is 11.0 Å². The van der Waals surface area contributed by atoms with Crippen LogP contribution in [0, 0.1) is 0 Å². The molecule has 0 atom stereocenters. The summed E-state index contributed by atoms with van der Waals surface area (Å²) < 4.78 is 42.4. The number of hydrogen-bond acceptors (Lipinski definition) is 5. The lowest BCUT2D eigenvalue weighted by atomic mass is 10.2. The number of anilines is 1. The first-order valence-corrected chi connectivity index (χ1v) is 6.62. The summed E-state index contributed by atoms with van der Waals surface area (Å²) in [4.78, 5) is 14.1. The summed E-state index contributed by atoms with van der Waals surface area (Å²) in [6.45, 7) is -0.501. The SMILES string of the molecule is O=C(O)COc1ccccc1/C=N\Nc1ccc(C(F)(F)F)cn1. The highest BCUT2D eigenvalue weighted by molar-refractivity contribution is 5.84. The highest BCUT2D eigenvalue weighted by Crippen LogP contribution is 2.28. The summed E-state index contributed by atoms with van der Waals surface area (Å²) in [5.41, 5.74) is 2.12. The third kappa shape index (κ3) is 4.97. The van der Waals surface area contributed by atoms with E-state index in [1.807, 2.05) is 0 Å². The maximum atomic E-state index is 12.4. The average Bonchev–Trinajstić information content (AvgIpc) is 2.53. The van der Waals surface area contributed by atoms with Gasteiger partial charge in [0.05, 0.1) is 11.8 Å². The van der Waals surface area contributed by atoms with Crippen LogP contribution < -0.4 is 10.2 Å². The number of carboxylic acids is 1. The zero-order valence-electron chi connectivity index (χ0n) is 12.1. The summed E-state index contributed by atoms with van der Waals surface area (Å²) >= 11 is 0. The Balaban J connectivity index is 2.03. The van der Waals surface area contributed by atoms with E-state index in [0.29, 0.717) is 17.5 Å². The van der Waals surface area contributed by atoms with Gasteiger partial charge in [0.15, 0.2) is 6.61 Å². The Labute approximate surface area is 134 Å². The molecule has 9 heteroatoms. The van der Waals surface area contributed by atoms with Crippen molar-refractivity contribution < 1.29 is 27.8 Å². The second-order valence-corrected chi connectivity index (χ2v) is 4.52. The number of carbonyl (C=O) groups is 1. The molecule has 2 aromatic rings. The molecule has 2 N–H and O–H groups in total. The van der Waals surface area contributed by atoms with Crippen LogP contribution in [-0.4, -0.2) is 28.9 Å². The lowest BCUT2D eigenvalue weighted by Crippen LogP contribution is -2.10. The number of hydrogen-bond donors (Lipinski definition) is 2. The summed E-state index contributed by atoms with van der Waals surface area (Å²) in [7, 11) is 0. The number of benzene rings is 1. The van der Waals surface area contributed by atoms with Crippen LogP contribution in [0.2, 0.25) is 0 Å². The zero-order chi connectivity index (χ0) is 17.6. The Morgan fingerprint density at radius 3 is 2.67 bits per heavy atom. The molecule has 0 amide bonds. The van der Waals surface area contributed by atoms with Gasteiger partial charge in [-0.25, -0.2) is 9.78 Å². The molecule has 1 aromatic heterocycles. The van der Waals surface area contributed by atoms with E-state index in [-0.39, 0.29) is 5.82 Å². The minimum absolute atomic E-state index is 0.128. The third-order valence-electron chi connectivity index (χ3n) is 2.74. The van der Waals surface area contributed by atoms with Crippen LogP contribution in [0.3, 0.4) is 0 Å². The molecule has 0 aliphatic heterocycles. The van der Waals surface area contributed by atoms with Crippen molar-refractivity contribution in [3.8, 4) is 5.75 Å². The van der Waals surface area contributed by atoms with Gasteiger partial charge in [-0.2, -0.15) is 18.3 Å². The van der Waals surface area contributed by atoms with Crippen LogP contribution in [0.4, 0.5) is 19.0 Å².